The van der Waals surface area contributed by atoms with E-state index in [1.54, 1.807) is 11.9 Å². The van der Waals surface area contributed by atoms with Gasteiger partial charge in [-0.3, -0.25) is 0 Å². The topological polar surface area (TPSA) is 49.8 Å². The lowest BCUT2D eigenvalue weighted by Crippen LogP contribution is -2.33. The van der Waals surface area contributed by atoms with Gasteiger partial charge in [0.2, 0.25) is 0 Å². The number of ether oxygens (including phenoxy) is 1. The minimum Gasteiger partial charge on any atom is -0.482 e. The Kier molecular flexibility index (Phi) is 7.03. The molecule has 0 aromatic heterocycles. The van der Waals surface area contributed by atoms with Gasteiger partial charge in [0.25, 0.3) is 0 Å². The summed E-state index contributed by atoms with van der Waals surface area (Å²) in [4.78, 5) is 12.1. The number of anilines is 1. The molecule has 1 heterocycles. The summed E-state index contributed by atoms with van der Waals surface area (Å²) in [5, 5.41) is 8.94. The molecule has 1 aliphatic heterocycles. The van der Waals surface area contributed by atoms with Gasteiger partial charge in [0.15, 0.2) is 6.61 Å². The van der Waals surface area contributed by atoms with E-state index in [-0.39, 0.29) is 12.0 Å². The van der Waals surface area contributed by atoms with E-state index in [0.29, 0.717) is 5.75 Å². The number of carboxylic acids is 1. The average molecular weight is 502 g/mol. The van der Waals surface area contributed by atoms with E-state index in [1.807, 2.05) is 19.1 Å². The van der Waals surface area contributed by atoms with E-state index < -0.39 is 5.97 Å². The third-order valence-corrected chi connectivity index (χ3v) is 8.71. The predicted octanol–water partition coefficient (Wildman–Crippen LogP) is 7.73. The van der Waals surface area contributed by atoms with Gasteiger partial charge < -0.3 is 14.1 Å². The molecule has 0 amide bonds. The van der Waals surface area contributed by atoms with Crippen LogP contribution in [0, 0.1) is 13.8 Å². The molecule has 3 aromatic carbocycles. The van der Waals surface area contributed by atoms with Crippen LogP contribution in [0.25, 0.3) is 11.1 Å². The zero-order valence-electron chi connectivity index (χ0n) is 21.5. The molecule has 0 radical (unpaired) electrons. The smallest absolute Gasteiger partial charge is 0.341 e. The van der Waals surface area contributed by atoms with Crippen LogP contribution in [-0.2, 0) is 16.6 Å². The predicted molar refractivity (Wildman–Crippen MR) is 148 cm³/mol. The number of aliphatic carboxylic acids is 1. The highest BCUT2D eigenvalue weighted by Gasteiger charge is 2.45. The van der Waals surface area contributed by atoms with Crippen molar-refractivity contribution in [3.63, 3.8) is 0 Å². The molecule has 3 aromatic rings. The Bertz CT molecular complexity index is 1280. The molecule has 0 unspecified atom stereocenters. The Balaban J connectivity index is 1.52. The van der Waals surface area contributed by atoms with Crippen LogP contribution in [0.3, 0.4) is 0 Å². The van der Waals surface area contributed by atoms with E-state index in [4.69, 9.17) is 9.84 Å². The van der Waals surface area contributed by atoms with Gasteiger partial charge in [0.05, 0.1) is 5.69 Å². The Morgan fingerprint density at radius 2 is 1.83 bits per heavy atom. The number of carboxylic acid groups (broad SMARTS) is 1. The first-order valence-electron chi connectivity index (χ1n) is 13.0. The quantitative estimate of drug-likeness (QED) is 0.336. The lowest BCUT2D eigenvalue weighted by Gasteiger charge is -2.34. The van der Waals surface area contributed by atoms with Gasteiger partial charge in [-0.2, -0.15) is 0 Å². The van der Waals surface area contributed by atoms with Crippen LogP contribution in [0.2, 0.25) is 0 Å². The first-order chi connectivity index (χ1) is 17.4. The Morgan fingerprint density at radius 3 is 2.53 bits per heavy atom. The molecule has 1 fully saturated rings. The highest BCUT2D eigenvalue weighted by molar-refractivity contribution is 8.00. The first kappa shape index (κ1) is 24.8. The molecular formula is C31H35NO3S. The number of fused-ring (bicyclic) bond motifs is 2. The zero-order chi connectivity index (χ0) is 25.3. The zero-order valence-corrected chi connectivity index (χ0v) is 22.3. The van der Waals surface area contributed by atoms with Crippen molar-refractivity contribution in [3.05, 3.63) is 76.9 Å². The Hall–Kier alpha value is -2.92. The maximum absolute atomic E-state index is 10.9. The average Bonchev–Trinajstić information content (AvgIpc) is 3.15. The van der Waals surface area contributed by atoms with E-state index in [2.05, 4.69) is 60.6 Å². The maximum atomic E-state index is 10.9. The summed E-state index contributed by atoms with van der Waals surface area (Å²) in [6.45, 7) is 7.13. The fourth-order valence-electron chi connectivity index (χ4n) is 5.93. The van der Waals surface area contributed by atoms with Crippen molar-refractivity contribution in [2.24, 2.45) is 0 Å². The standard InChI is InChI=1S/C31H35NO3S/c1-4-23-17-25(24-10-8-9-21(2)15-24)18-27-30(23)32(20-31(27)13-6-5-7-14-31)36-26-11-12-28(22(3)16-26)35-19-29(33)34/h8-12,15-18H,4-7,13-14,19-20H2,1-3H3,(H,33,34). The van der Waals surface area contributed by atoms with Gasteiger partial charge >= 0.3 is 5.97 Å². The van der Waals surface area contributed by atoms with Crippen LogP contribution in [0.4, 0.5) is 5.69 Å². The molecule has 1 N–H and O–H groups in total. The van der Waals surface area contributed by atoms with Crippen LogP contribution in [0.1, 0.15) is 61.3 Å². The fraction of sp³-hybridized carbons (Fsp3) is 0.387. The molecule has 0 atom stereocenters. The molecule has 0 saturated heterocycles. The fourth-order valence-corrected chi connectivity index (χ4v) is 7.17. The molecule has 0 bridgehead atoms. The second-order valence-corrected chi connectivity index (χ2v) is 11.4. The maximum Gasteiger partial charge on any atom is 0.341 e. The van der Waals surface area contributed by atoms with Crippen LogP contribution in [0.15, 0.2) is 59.5 Å². The molecule has 4 nitrogen and oxygen atoms in total. The molecule has 2 aliphatic rings. The van der Waals surface area contributed by atoms with Crippen molar-refractivity contribution < 1.29 is 14.6 Å². The van der Waals surface area contributed by atoms with E-state index >= 15 is 0 Å². The number of nitrogens with zero attached hydrogens (tertiary/aromatic N) is 1. The van der Waals surface area contributed by atoms with Crippen LogP contribution in [0.5, 0.6) is 5.75 Å². The van der Waals surface area contributed by atoms with Crippen molar-refractivity contribution >= 4 is 23.6 Å². The number of benzene rings is 3. The number of carbonyl (C=O) groups is 1. The summed E-state index contributed by atoms with van der Waals surface area (Å²) in [6.07, 6.45) is 7.41. The summed E-state index contributed by atoms with van der Waals surface area (Å²) in [7, 11) is 0. The Labute approximate surface area is 218 Å². The second kappa shape index (κ2) is 10.2. The van der Waals surface area contributed by atoms with Gasteiger partial charge in [0, 0.05) is 16.9 Å². The molecule has 188 valence electrons. The summed E-state index contributed by atoms with van der Waals surface area (Å²) >= 11 is 1.80. The number of hydrogen-bond donors (Lipinski definition) is 1. The van der Waals surface area contributed by atoms with E-state index in [1.165, 1.54) is 65.6 Å². The highest BCUT2D eigenvalue weighted by atomic mass is 32.2. The summed E-state index contributed by atoms with van der Waals surface area (Å²) in [5.41, 5.74) is 9.45. The third kappa shape index (κ3) is 4.86. The summed E-state index contributed by atoms with van der Waals surface area (Å²) < 4.78 is 7.98. The van der Waals surface area contributed by atoms with Crippen molar-refractivity contribution in [1.82, 2.24) is 0 Å². The molecule has 1 aliphatic carbocycles. The van der Waals surface area contributed by atoms with Gasteiger partial charge in [-0.1, -0.05) is 56.0 Å². The molecule has 1 saturated carbocycles. The van der Waals surface area contributed by atoms with Crippen molar-refractivity contribution in [3.8, 4) is 16.9 Å². The largest absolute Gasteiger partial charge is 0.482 e. The van der Waals surface area contributed by atoms with Crippen LogP contribution < -0.4 is 9.04 Å². The molecule has 5 rings (SSSR count). The second-order valence-electron chi connectivity index (χ2n) is 10.3. The Morgan fingerprint density at radius 1 is 1.03 bits per heavy atom. The third-order valence-electron chi connectivity index (χ3n) is 7.71. The van der Waals surface area contributed by atoms with Crippen LogP contribution in [-0.4, -0.2) is 24.2 Å². The van der Waals surface area contributed by atoms with Gasteiger partial charge in [-0.15, -0.1) is 0 Å². The minimum atomic E-state index is -0.962. The normalized spacial score (nSPS) is 16.2. The number of rotatable bonds is 7. The highest BCUT2D eigenvalue weighted by Crippen LogP contribution is 2.54. The molecular weight excluding hydrogens is 466 g/mol. The SMILES string of the molecule is CCc1cc(-c2cccc(C)c2)cc2c1N(Sc1ccc(OCC(=O)O)c(C)c1)CC21CCCCC1. The van der Waals surface area contributed by atoms with Gasteiger partial charge in [-0.25, -0.2) is 4.79 Å². The summed E-state index contributed by atoms with van der Waals surface area (Å²) in [5.74, 6) is -0.333. The summed E-state index contributed by atoms with van der Waals surface area (Å²) in [6, 6.07) is 19.8. The van der Waals surface area contributed by atoms with Crippen LogP contribution >= 0.6 is 11.9 Å². The lowest BCUT2D eigenvalue weighted by molar-refractivity contribution is -0.139. The van der Waals surface area contributed by atoms with Gasteiger partial charge in [-0.05, 0) is 103 Å². The molecule has 1 spiro atoms. The van der Waals surface area contributed by atoms with Crippen molar-refractivity contribution in [2.45, 2.75) is 69.6 Å². The van der Waals surface area contributed by atoms with E-state index in [0.717, 1.165) is 23.4 Å². The van der Waals surface area contributed by atoms with Crippen molar-refractivity contribution in [2.75, 3.05) is 17.5 Å². The number of hydrogen-bond acceptors (Lipinski definition) is 4. The lowest BCUT2D eigenvalue weighted by atomic mass is 9.70. The monoisotopic (exact) mass is 501 g/mol. The molecule has 5 heteroatoms. The van der Waals surface area contributed by atoms with E-state index in [9.17, 15) is 4.79 Å². The first-order valence-corrected chi connectivity index (χ1v) is 13.8. The number of aryl methyl sites for hydroxylation is 3. The minimum absolute atomic E-state index is 0.212. The molecule has 36 heavy (non-hydrogen) atoms. The van der Waals surface area contributed by atoms with Crippen molar-refractivity contribution in [1.29, 1.82) is 0 Å². The van der Waals surface area contributed by atoms with Gasteiger partial charge in [0.1, 0.15) is 5.75 Å².